The molecule has 0 N–H and O–H groups in total. The standard InChI is InChI=1S/C10H18O3Si/c1-5-14(12-4)8-6-7-13-10(11)9(2)3/h5,14H,1-2,6-8H2,3-4H3. The maximum atomic E-state index is 11.0. The zero-order valence-corrected chi connectivity index (χ0v) is 10.1. The fourth-order valence-corrected chi connectivity index (χ4v) is 2.14. The van der Waals surface area contributed by atoms with Crippen molar-refractivity contribution < 1.29 is 14.0 Å². The summed E-state index contributed by atoms with van der Waals surface area (Å²) < 4.78 is 10.2. The molecule has 0 aromatic heterocycles. The van der Waals surface area contributed by atoms with Gasteiger partial charge < -0.3 is 9.16 Å². The SMILES string of the molecule is C=C[SiH](CCCOC(=O)C(=C)C)OC. The van der Waals surface area contributed by atoms with Gasteiger partial charge in [-0.2, -0.15) is 0 Å². The minimum absolute atomic E-state index is 0.320. The molecule has 4 heteroatoms. The van der Waals surface area contributed by atoms with Crippen LogP contribution in [0, 0.1) is 0 Å². The molecule has 0 rings (SSSR count). The smallest absolute Gasteiger partial charge is 0.333 e. The van der Waals surface area contributed by atoms with Crippen LogP contribution < -0.4 is 0 Å². The Morgan fingerprint density at radius 3 is 2.64 bits per heavy atom. The van der Waals surface area contributed by atoms with Crippen molar-refractivity contribution in [2.75, 3.05) is 13.7 Å². The van der Waals surface area contributed by atoms with Crippen molar-refractivity contribution in [1.82, 2.24) is 0 Å². The van der Waals surface area contributed by atoms with Gasteiger partial charge in [0.25, 0.3) is 0 Å². The lowest BCUT2D eigenvalue weighted by atomic mass is 10.4. The van der Waals surface area contributed by atoms with Crippen molar-refractivity contribution in [3.8, 4) is 0 Å². The largest absolute Gasteiger partial charge is 0.462 e. The molecule has 0 heterocycles. The van der Waals surface area contributed by atoms with E-state index in [0.29, 0.717) is 12.2 Å². The van der Waals surface area contributed by atoms with Crippen LogP contribution in [0.1, 0.15) is 13.3 Å². The van der Waals surface area contributed by atoms with Crippen LogP contribution in [0.15, 0.2) is 24.4 Å². The van der Waals surface area contributed by atoms with Crippen LogP contribution in [-0.2, 0) is 14.0 Å². The zero-order valence-electron chi connectivity index (χ0n) is 8.91. The van der Waals surface area contributed by atoms with E-state index in [2.05, 4.69) is 13.2 Å². The summed E-state index contributed by atoms with van der Waals surface area (Å²) in [7, 11) is 0.463. The van der Waals surface area contributed by atoms with Crippen molar-refractivity contribution >= 4 is 15.0 Å². The molecule has 0 aliphatic heterocycles. The molecular weight excluding hydrogens is 196 g/mol. The van der Waals surface area contributed by atoms with Gasteiger partial charge in [0.2, 0.25) is 0 Å². The van der Waals surface area contributed by atoms with Gasteiger partial charge in [0.05, 0.1) is 6.61 Å². The Morgan fingerprint density at radius 1 is 1.57 bits per heavy atom. The van der Waals surface area contributed by atoms with Gasteiger partial charge in [-0.25, -0.2) is 4.79 Å². The average Bonchev–Trinajstić information content (AvgIpc) is 2.17. The Hall–Kier alpha value is -0.873. The molecule has 0 aromatic rings. The number of carbonyl (C=O) groups is 1. The fourth-order valence-electron chi connectivity index (χ4n) is 0.905. The maximum Gasteiger partial charge on any atom is 0.333 e. The van der Waals surface area contributed by atoms with Crippen molar-refractivity contribution in [3.05, 3.63) is 24.4 Å². The van der Waals surface area contributed by atoms with Gasteiger partial charge in [0.15, 0.2) is 9.04 Å². The molecule has 0 aliphatic carbocycles. The first kappa shape index (κ1) is 13.1. The molecule has 1 unspecified atom stereocenters. The third-order valence-corrected chi connectivity index (χ3v) is 3.89. The molecular formula is C10H18O3Si. The van der Waals surface area contributed by atoms with Gasteiger partial charge in [-0.05, 0) is 19.4 Å². The second-order valence-corrected chi connectivity index (χ2v) is 5.67. The summed E-state index contributed by atoms with van der Waals surface area (Å²) >= 11 is 0. The van der Waals surface area contributed by atoms with Crippen LogP contribution in [0.2, 0.25) is 6.04 Å². The minimum Gasteiger partial charge on any atom is -0.462 e. The van der Waals surface area contributed by atoms with Crippen LogP contribution in [0.4, 0.5) is 0 Å². The van der Waals surface area contributed by atoms with E-state index in [1.165, 1.54) is 0 Å². The Balaban J connectivity index is 3.50. The van der Waals surface area contributed by atoms with E-state index < -0.39 is 9.04 Å². The predicted octanol–water partition coefficient (Wildman–Crippen LogP) is 1.59. The summed E-state index contributed by atoms with van der Waals surface area (Å²) in [5, 5.41) is 0. The molecule has 0 fully saturated rings. The summed E-state index contributed by atoms with van der Waals surface area (Å²) in [4.78, 5) is 11.0. The van der Waals surface area contributed by atoms with Crippen molar-refractivity contribution in [3.63, 3.8) is 0 Å². The lowest BCUT2D eigenvalue weighted by molar-refractivity contribution is -0.138. The molecule has 80 valence electrons. The molecule has 0 amide bonds. The quantitative estimate of drug-likeness (QED) is 0.279. The topological polar surface area (TPSA) is 35.5 Å². The highest BCUT2D eigenvalue weighted by Gasteiger charge is 2.06. The van der Waals surface area contributed by atoms with E-state index in [0.717, 1.165) is 12.5 Å². The predicted molar refractivity (Wildman–Crippen MR) is 59.6 cm³/mol. The lowest BCUT2D eigenvalue weighted by Gasteiger charge is -2.08. The first-order valence-corrected chi connectivity index (χ1v) is 6.55. The van der Waals surface area contributed by atoms with Crippen molar-refractivity contribution in [2.45, 2.75) is 19.4 Å². The van der Waals surface area contributed by atoms with Gasteiger partial charge in [-0.1, -0.05) is 12.3 Å². The summed E-state index contributed by atoms with van der Waals surface area (Å²) in [5.74, 6) is -0.320. The molecule has 0 bridgehead atoms. The van der Waals surface area contributed by atoms with E-state index in [-0.39, 0.29) is 5.97 Å². The Morgan fingerprint density at radius 2 is 2.21 bits per heavy atom. The third kappa shape index (κ3) is 5.72. The summed E-state index contributed by atoms with van der Waals surface area (Å²) in [6.07, 6.45) is 0.829. The first-order valence-electron chi connectivity index (χ1n) is 4.59. The number of rotatable bonds is 7. The summed E-state index contributed by atoms with van der Waals surface area (Å²) in [6.45, 7) is 9.26. The van der Waals surface area contributed by atoms with E-state index in [9.17, 15) is 4.79 Å². The second-order valence-electron chi connectivity index (χ2n) is 3.07. The van der Waals surface area contributed by atoms with Gasteiger partial charge in [0.1, 0.15) is 0 Å². The first-order chi connectivity index (χ1) is 6.61. The van der Waals surface area contributed by atoms with Crippen molar-refractivity contribution in [1.29, 1.82) is 0 Å². The van der Waals surface area contributed by atoms with Crippen molar-refractivity contribution in [2.24, 2.45) is 0 Å². The molecule has 3 nitrogen and oxygen atoms in total. The lowest BCUT2D eigenvalue weighted by Crippen LogP contribution is -2.14. The van der Waals surface area contributed by atoms with Crippen LogP contribution in [0.5, 0.6) is 0 Å². The number of esters is 1. The number of hydrogen-bond donors (Lipinski definition) is 0. The molecule has 0 saturated heterocycles. The number of ether oxygens (including phenoxy) is 1. The van der Waals surface area contributed by atoms with Gasteiger partial charge in [0, 0.05) is 12.7 Å². The van der Waals surface area contributed by atoms with Crippen LogP contribution in [0.25, 0.3) is 0 Å². The maximum absolute atomic E-state index is 11.0. The van der Waals surface area contributed by atoms with Crippen LogP contribution in [0.3, 0.4) is 0 Å². The summed E-state index contributed by atoms with van der Waals surface area (Å²) in [5.41, 5.74) is 2.31. The number of hydrogen-bond acceptors (Lipinski definition) is 3. The molecule has 0 aromatic carbocycles. The van der Waals surface area contributed by atoms with Gasteiger partial charge in [-0.15, -0.1) is 6.58 Å². The highest BCUT2D eigenvalue weighted by atomic mass is 28.3. The number of carbonyl (C=O) groups excluding carboxylic acids is 1. The zero-order chi connectivity index (χ0) is 11.0. The van der Waals surface area contributed by atoms with E-state index in [1.54, 1.807) is 14.0 Å². The molecule has 14 heavy (non-hydrogen) atoms. The van der Waals surface area contributed by atoms with Crippen LogP contribution in [-0.4, -0.2) is 28.7 Å². The molecule has 0 spiro atoms. The highest BCUT2D eigenvalue weighted by molar-refractivity contribution is 6.57. The molecule has 0 aliphatic rings. The average molecular weight is 214 g/mol. The van der Waals surface area contributed by atoms with Gasteiger partial charge >= 0.3 is 5.97 Å². The van der Waals surface area contributed by atoms with E-state index in [4.69, 9.17) is 9.16 Å². The summed E-state index contributed by atoms with van der Waals surface area (Å²) in [6, 6.07) is 0.948. The highest BCUT2D eigenvalue weighted by Crippen LogP contribution is 2.01. The third-order valence-electron chi connectivity index (χ3n) is 1.78. The minimum atomic E-state index is -1.23. The fraction of sp³-hybridized carbons (Fsp3) is 0.500. The van der Waals surface area contributed by atoms with E-state index >= 15 is 0 Å². The second kappa shape index (κ2) is 7.52. The Bertz CT molecular complexity index is 213. The molecule has 1 atom stereocenters. The van der Waals surface area contributed by atoms with Gasteiger partial charge in [-0.3, -0.25) is 0 Å². The molecule has 0 radical (unpaired) electrons. The Labute approximate surface area is 87.1 Å². The normalized spacial score (nSPS) is 11.9. The molecule has 0 saturated carbocycles. The van der Waals surface area contributed by atoms with Crippen LogP contribution >= 0.6 is 0 Å². The van der Waals surface area contributed by atoms with E-state index in [1.807, 2.05) is 5.70 Å². The Kier molecular flexibility index (Phi) is 7.05. The monoisotopic (exact) mass is 214 g/mol.